The van der Waals surface area contributed by atoms with Gasteiger partial charge in [0.1, 0.15) is 11.1 Å². The summed E-state index contributed by atoms with van der Waals surface area (Å²) in [6.45, 7) is 5.07. The molecule has 0 radical (unpaired) electrons. The molecule has 1 fully saturated rings. The Kier molecular flexibility index (Phi) is 8.04. The van der Waals surface area contributed by atoms with Crippen molar-refractivity contribution in [2.75, 3.05) is 43.4 Å². The fourth-order valence-corrected chi connectivity index (χ4v) is 4.41. The first kappa shape index (κ1) is 25.4. The van der Waals surface area contributed by atoms with Gasteiger partial charge in [0.15, 0.2) is 0 Å². The molecule has 1 saturated heterocycles. The van der Waals surface area contributed by atoms with Gasteiger partial charge in [-0.2, -0.15) is 18.4 Å². The third-order valence-corrected chi connectivity index (χ3v) is 6.27. The van der Waals surface area contributed by atoms with Crippen LogP contribution in [0, 0.1) is 18.3 Å². The number of benzene rings is 1. The number of aromatic nitrogens is 1. The van der Waals surface area contributed by atoms with Crippen molar-refractivity contribution in [1.82, 2.24) is 9.88 Å². The summed E-state index contributed by atoms with van der Waals surface area (Å²) < 4.78 is 43.9. The molecule has 2 aromatic rings. The Morgan fingerprint density at radius 3 is 2.53 bits per heavy atom. The zero-order valence-electron chi connectivity index (χ0n) is 18.7. The standard InChI is InChI=1S/C23H23F3N4O3S/c1-3-33-22(32)19-11-16(13-27)21(28-15(19)2)34-14-20(31)30-9-7-29(8-10-30)18-6-4-5-17(12-18)23(24,25)26/h4-6,11-12H,3,7-10,14H2,1-2H3. The average Bonchev–Trinajstić information content (AvgIpc) is 2.82. The molecular weight excluding hydrogens is 469 g/mol. The van der Waals surface area contributed by atoms with Crippen LogP contribution in [0.1, 0.15) is 34.1 Å². The molecular formula is C23H23F3N4O3S. The number of carbonyl (C=O) groups is 2. The van der Waals surface area contributed by atoms with E-state index in [0.717, 1.165) is 23.9 Å². The van der Waals surface area contributed by atoms with Gasteiger partial charge in [-0.05, 0) is 38.1 Å². The number of ether oxygens (including phenoxy) is 1. The second kappa shape index (κ2) is 10.8. The maximum Gasteiger partial charge on any atom is 0.416 e. The number of amides is 1. The molecule has 34 heavy (non-hydrogen) atoms. The maximum absolute atomic E-state index is 13.0. The van der Waals surface area contributed by atoms with E-state index in [-0.39, 0.29) is 29.4 Å². The van der Waals surface area contributed by atoms with Gasteiger partial charge in [-0.3, -0.25) is 4.79 Å². The van der Waals surface area contributed by atoms with Crippen molar-refractivity contribution < 1.29 is 27.5 Å². The van der Waals surface area contributed by atoms with Crippen LogP contribution in [0.25, 0.3) is 0 Å². The number of thioether (sulfide) groups is 1. The first-order valence-corrected chi connectivity index (χ1v) is 11.5. The smallest absolute Gasteiger partial charge is 0.416 e. The molecule has 0 bridgehead atoms. The second-order valence-electron chi connectivity index (χ2n) is 7.51. The number of piperazine rings is 1. The van der Waals surface area contributed by atoms with E-state index in [4.69, 9.17) is 4.74 Å². The minimum Gasteiger partial charge on any atom is -0.462 e. The number of anilines is 1. The number of alkyl halides is 3. The Hall–Kier alpha value is -3.26. The third kappa shape index (κ3) is 5.99. The monoisotopic (exact) mass is 492 g/mol. The lowest BCUT2D eigenvalue weighted by molar-refractivity contribution is -0.137. The lowest BCUT2D eigenvalue weighted by Gasteiger charge is -2.36. The number of rotatable bonds is 6. The molecule has 2 heterocycles. The van der Waals surface area contributed by atoms with Gasteiger partial charge in [0, 0.05) is 31.9 Å². The van der Waals surface area contributed by atoms with Crippen LogP contribution in [-0.2, 0) is 15.7 Å². The van der Waals surface area contributed by atoms with Gasteiger partial charge >= 0.3 is 12.1 Å². The van der Waals surface area contributed by atoms with E-state index in [2.05, 4.69) is 4.98 Å². The number of carbonyl (C=O) groups excluding carboxylic acids is 2. The summed E-state index contributed by atoms with van der Waals surface area (Å²) in [5.74, 6) is -0.676. The second-order valence-corrected chi connectivity index (χ2v) is 8.47. The predicted molar refractivity (Wildman–Crippen MR) is 121 cm³/mol. The van der Waals surface area contributed by atoms with Gasteiger partial charge in [0.25, 0.3) is 0 Å². The highest BCUT2D eigenvalue weighted by Crippen LogP contribution is 2.32. The van der Waals surface area contributed by atoms with Crippen molar-refractivity contribution >= 4 is 29.3 Å². The predicted octanol–water partition coefficient (Wildman–Crippen LogP) is 3.90. The van der Waals surface area contributed by atoms with Crippen LogP contribution < -0.4 is 4.90 Å². The van der Waals surface area contributed by atoms with E-state index < -0.39 is 17.7 Å². The minimum atomic E-state index is -4.41. The van der Waals surface area contributed by atoms with Crippen molar-refractivity contribution in [2.45, 2.75) is 25.0 Å². The number of esters is 1. The Balaban J connectivity index is 1.59. The molecule has 0 N–H and O–H groups in total. The summed E-state index contributed by atoms with van der Waals surface area (Å²) in [6, 6.07) is 8.57. The molecule has 0 unspecified atom stereocenters. The molecule has 180 valence electrons. The van der Waals surface area contributed by atoms with E-state index in [1.54, 1.807) is 24.8 Å². The molecule has 3 rings (SSSR count). The van der Waals surface area contributed by atoms with E-state index in [1.807, 2.05) is 11.0 Å². The number of pyridine rings is 1. The zero-order valence-corrected chi connectivity index (χ0v) is 19.5. The van der Waals surface area contributed by atoms with Gasteiger partial charge in [-0.15, -0.1) is 0 Å². The van der Waals surface area contributed by atoms with Gasteiger partial charge in [0.05, 0.1) is 34.7 Å². The largest absolute Gasteiger partial charge is 0.462 e. The summed E-state index contributed by atoms with van der Waals surface area (Å²) in [4.78, 5) is 32.5. The normalized spacial score (nSPS) is 14.0. The lowest BCUT2D eigenvalue weighted by Crippen LogP contribution is -2.49. The molecule has 0 atom stereocenters. The molecule has 1 aliphatic heterocycles. The summed E-state index contributed by atoms with van der Waals surface area (Å²) in [5.41, 5.74) is 0.559. The number of nitriles is 1. The molecule has 1 aromatic heterocycles. The molecule has 1 aliphatic rings. The van der Waals surface area contributed by atoms with Gasteiger partial charge in [-0.1, -0.05) is 17.8 Å². The van der Waals surface area contributed by atoms with Crippen LogP contribution in [0.4, 0.5) is 18.9 Å². The average molecular weight is 493 g/mol. The van der Waals surface area contributed by atoms with Crippen molar-refractivity contribution in [2.24, 2.45) is 0 Å². The summed E-state index contributed by atoms with van der Waals surface area (Å²) in [5, 5.41) is 9.79. The van der Waals surface area contributed by atoms with Crippen LogP contribution in [-0.4, -0.2) is 60.3 Å². The molecule has 1 aromatic carbocycles. The molecule has 1 amide bonds. The van der Waals surface area contributed by atoms with Crippen molar-refractivity contribution in [3.05, 3.63) is 52.7 Å². The first-order chi connectivity index (χ1) is 16.1. The highest BCUT2D eigenvalue weighted by atomic mass is 32.2. The SMILES string of the molecule is CCOC(=O)c1cc(C#N)c(SCC(=O)N2CCN(c3cccc(C(F)(F)F)c3)CC2)nc1C. The Bertz CT molecular complexity index is 1110. The number of aryl methyl sites for hydroxylation is 1. The van der Waals surface area contributed by atoms with Crippen molar-refractivity contribution in [1.29, 1.82) is 5.26 Å². The van der Waals surface area contributed by atoms with Crippen LogP contribution in [0.2, 0.25) is 0 Å². The fourth-order valence-electron chi connectivity index (χ4n) is 3.50. The first-order valence-electron chi connectivity index (χ1n) is 10.6. The third-order valence-electron chi connectivity index (χ3n) is 5.30. The topological polar surface area (TPSA) is 86.5 Å². The Labute approximate surface area is 199 Å². The number of hydrogen-bond acceptors (Lipinski definition) is 7. The minimum absolute atomic E-state index is 0.0451. The lowest BCUT2D eigenvalue weighted by atomic mass is 10.1. The Morgan fingerprint density at radius 2 is 1.91 bits per heavy atom. The molecule has 11 heteroatoms. The fraction of sp³-hybridized carbons (Fsp3) is 0.391. The van der Waals surface area contributed by atoms with E-state index in [9.17, 15) is 28.0 Å². The van der Waals surface area contributed by atoms with Crippen LogP contribution >= 0.6 is 11.8 Å². The summed E-state index contributed by atoms with van der Waals surface area (Å²) in [6.07, 6.45) is -4.41. The molecule has 7 nitrogen and oxygen atoms in total. The highest BCUT2D eigenvalue weighted by molar-refractivity contribution is 8.00. The Morgan fingerprint density at radius 1 is 1.21 bits per heavy atom. The maximum atomic E-state index is 13.0. The molecule has 0 saturated carbocycles. The highest BCUT2D eigenvalue weighted by Gasteiger charge is 2.31. The molecule has 0 spiro atoms. The van der Waals surface area contributed by atoms with Crippen molar-refractivity contribution in [3.63, 3.8) is 0 Å². The van der Waals surface area contributed by atoms with Crippen molar-refractivity contribution in [3.8, 4) is 6.07 Å². The summed E-state index contributed by atoms with van der Waals surface area (Å²) >= 11 is 1.11. The number of hydrogen-bond donors (Lipinski definition) is 0. The van der Waals surface area contributed by atoms with E-state index in [0.29, 0.717) is 42.6 Å². The van der Waals surface area contributed by atoms with E-state index in [1.165, 1.54) is 12.1 Å². The van der Waals surface area contributed by atoms with Gasteiger partial charge in [-0.25, -0.2) is 9.78 Å². The quantitative estimate of drug-likeness (QED) is 0.447. The summed E-state index contributed by atoms with van der Waals surface area (Å²) in [7, 11) is 0. The number of nitrogens with zero attached hydrogens (tertiary/aromatic N) is 4. The number of halogens is 3. The van der Waals surface area contributed by atoms with Crippen LogP contribution in [0.5, 0.6) is 0 Å². The van der Waals surface area contributed by atoms with E-state index >= 15 is 0 Å². The van der Waals surface area contributed by atoms with Crippen LogP contribution in [0.3, 0.4) is 0 Å². The molecule has 0 aliphatic carbocycles. The van der Waals surface area contributed by atoms with Crippen LogP contribution in [0.15, 0.2) is 35.4 Å². The van der Waals surface area contributed by atoms with Gasteiger partial charge < -0.3 is 14.5 Å². The zero-order chi connectivity index (χ0) is 24.9. The van der Waals surface area contributed by atoms with Gasteiger partial charge in [0.2, 0.25) is 5.91 Å².